The zero-order chi connectivity index (χ0) is 23.8. The highest BCUT2D eigenvalue weighted by Gasteiger charge is 2.50. The molecule has 2 saturated heterocycles. The third-order valence-electron chi connectivity index (χ3n) is 6.26. The van der Waals surface area contributed by atoms with Crippen molar-refractivity contribution >= 4 is 28.9 Å². The minimum absolute atomic E-state index is 0.00532. The predicted octanol–water partition coefficient (Wildman–Crippen LogP) is 4.32. The molecule has 3 heterocycles. The molecule has 0 bridgehead atoms. The first-order valence-electron chi connectivity index (χ1n) is 10.7. The van der Waals surface area contributed by atoms with Crippen LogP contribution in [0.25, 0.3) is 0 Å². The van der Waals surface area contributed by atoms with E-state index in [4.69, 9.17) is 17.3 Å². The topological polar surface area (TPSA) is 70.3 Å². The van der Waals surface area contributed by atoms with Crippen LogP contribution in [-0.4, -0.2) is 59.3 Å². The van der Waals surface area contributed by atoms with Crippen LogP contribution in [0, 0.1) is 17.6 Å². The maximum atomic E-state index is 14.5. The van der Waals surface area contributed by atoms with Gasteiger partial charge in [0.05, 0.1) is 5.92 Å². The van der Waals surface area contributed by atoms with E-state index in [-0.39, 0.29) is 42.2 Å². The number of likely N-dealkylation sites (tertiary alicyclic amines) is 1. The van der Waals surface area contributed by atoms with Crippen LogP contribution < -0.4 is 16.0 Å². The molecule has 12 heteroatoms. The molecule has 1 aromatic heterocycles. The Morgan fingerprint density at radius 2 is 1.85 bits per heavy atom. The molecule has 2 fully saturated rings. The number of aromatic nitrogens is 2. The number of hydrogen-bond acceptors (Lipinski definition) is 6. The Morgan fingerprint density at radius 1 is 1.06 bits per heavy atom. The molecule has 1 aromatic carbocycles. The number of nitrogens with zero attached hydrogens (tertiary/aromatic N) is 4. The van der Waals surface area contributed by atoms with Gasteiger partial charge in [0, 0.05) is 42.4 Å². The van der Waals surface area contributed by atoms with E-state index in [1.165, 1.54) is 17.0 Å². The molecule has 0 amide bonds. The van der Waals surface area contributed by atoms with E-state index in [1.807, 2.05) is 0 Å². The molecule has 6 nitrogen and oxygen atoms in total. The zero-order valence-electron chi connectivity index (χ0n) is 17.6. The largest absolute Gasteiger partial charge is 0.393 e. The summed E-state index contributed by atoms with van der Waals surface area (Å²) in [5.41, 5.74) is 6.00. The number of halogens is 6. The number of nitrogens with two attached hydrogens (primary N) is 1. The lowest BCUT2D eigenvalue weighted by molar-refractivity contribution is -0.196. The van der Waals surface area contributed by atoms with Gasteiger partial charge in [0.2, 0.25) is 5.82 Å². The van der Waals surface area contributed by atoms with Crippen molar-refractivity contribution in [1.82, 2.24) is 14.9 Å². The van der Waals surface area contributed by atoms with Crippen molar-refractivity contribution < 1.29 is 22.0 Å². The van der Waals surface area contributed by atoms with Gasteiger partial charge in [0.25, 0.3) is 0 Å². The maximum absolute atomic E-state index is 14.5. The molecule has 33 heavy (non-hydrogen) atoms. The Morgan fingerprint density at radius 3 is 2.58 bits per heavy atom. The van der Waals surface area contributed by atoms with E-state index in [2.05, 4.69) is 15.3 Å². The fourth-order valence-corrected chi connectivity index (χ4v) is 4.99. The molecule has 3 N–H and O–H groups in total. The van der Waals surface area contributed by atoms with Crippen molar-refractivity contribution in [3.05, 3.63) is 41.2 Å². The summed E-state index contributed by atoms with van der Waals surface area (Å²) < 4.78 is 69.9. The minimum Gasteiger partial charge on any atom is -0.381 e. The molecule has 180 valence electrons. The summed E-state index contributed by atoms with van der Waals surface area (Å²) in [4.78, 5) is 10.8. The van der Waals surface area contributed by atoms with Crippen LogP contribution in [0.4, 0.5) is 39.3 Å². The summed E-state index contributed by atoms with van der Waals surface area (Å²) in [7, 11) is 0. The number of piperidine rings is 2. The summed E-state index contributed by atoms with van der Waals surface area (Å²) in [5.74, 6) is -3.31. The first kappa shape index (κ1) is 23.7. The normalized spacial score (nSPS) is 24.7. The van der Waals surface area contributed by atoms with Crippen molar-refractivity contribution in [3.8, 4) is 0 Å². The first-order valence-corrected chi connectivity index (χ1v) is 11.0. The van der Waals surface area contributed by atoms with Gasteiger partial charge in [-0.3, -0.25) is 4.90 Å². The van der Waals surface area contributed by atoms with E-state index >= 15 is 0 Å². The molecular formula is C21H24ClF5N6. The van der Waals surface area contributed by atoms with Crippen molar-refractivity contribution in [2.75, 3.05) is 42.1 Å². The summed E-state index contributed by atoms with van der Waals surface area (Å²) in [6.45, 7) is 0.761. The molecule has 2 aromatic rings. The van der Waals surface area contributed by atoms with Crippen LogP contribution >= 0.6 is 11.6 Å². The SMILES string of the molecule is Nc1ncnc(N2CC[C@H](C(F)(F)F)[C@@H](N3CCC[C@H](Nc4cc(F)cc(Cl)c4)C3)C2)c1F. The van der Waals surface area contributed by atoms with Crippen LogP contribution in [-0.2, 0) is 0 Å². The van der Waals surface area contributed by atoms with E-state index in [0.29, 0.717) is 25.2 Å². The van der Waals surface area contributed by atoms with Crippen LogP contribution in [0.2, 0.25) is 5.02 Å². The van der Waals surface area contributed by atoms with Crippen LogP contribution in [0.1, 0.15) is 19.3 Å². The summed E-state index contributed by atoms with van der Waals surface area (Å²) in [5, 5.41) is 3.42. The number of anilines is 3. The van der Waals surface area contributed by atoms with Gasteiger partial charge in [-0.2, -0.15) is 17.6 Å². The van der Waals surface area contributed by atoms with E-state index in [9.17, 15) is 22.0 Å². The summed E-state index contributed by atoms with van der Waals surface area (Å²) >= 11 is 5.91. The van der Waals surface area contributed by atoms with Gasteiger partial charge >= 0.3 is 6.18 Å². The Bertz CT molecular complexity index is 970. The van der Waals surface area contributed by atoms with Gasteiger partial charge in [-0.15, -0.1) is 0 Å². The van der Waals surface area contributed by atoms with Crippen LogP contribution in [0.5, 0.6) is 0 Å². The fourth-order valence-electron chi connectivity index (χ4n) is 4.77. The zero-order valence-corrected chi connectivity index (χ0v) is 18.4. The van der Waals surface area contributed by atoms with Crippen LogP contribution in [0.3, 0.4) is 0 Å². The Balaban J connectivity index is 1.54. The number of rotatable bonds is 4. The predicted molar refractivity (Wildman–Crippen MR) is 116 cm³/mol. The average Bonchev–Trinajstić information content (AvgIpc) is 2.74. The Hall–Kier alpha value is -2.40. The fraction of sp³-hybridized carbons (Fsp3) is 0.524. The van der Waals surface area contributed by atoms with Gasteiger partial charge in [-0.1, -0.05) is 11.6 Å². The van der Waals surface area contributed by atoms with Gasteiger partial charge in [-0.25, -0.2) is 14.4 Å². The molecule has 0 unspecified atom stereocenters. The molecule has 2 aliphatic rings. The minimum atomic E-state index is -4.39. The van der Waals surface area contributed by atoms with Crippen molar-refractivity contribution in [1.29, 1.82) is 0 Å². The number of hydrogen-bond donors (Lipinski definition) is 2. The van der Waals surface area contributed by atoms with Crippen molar-refractivity contribution in [2.45, 2.75) is 37.5 Å². The lowest BCUT2D eigenvalue weighted by Gasteiger charge is -2.47. The number of alkyl halides is 3. The van der Waals surface area contributed by atoms with Gasteiger partial charge in [0.15, 0.2) is 11.6 Å². The molecule has 0 aliphatic carbocycles. The number of nitrogen functional groups attached to an aromatic ring is 1. The average molecular weight is 491 g/mol. The van der Waals surface area contributed by atoms with E-state index in [0.717, 1.165) is 12.7 Å². The first-order chi connectivity index (χ1) is 15.6. The van der Waals surface area contributed by atoms with E-state index < -0.39 is 29.8 Å². The third kappa shape index (κ3) is 5.40. The summed E-state index contributed by atoms with van der Waals surface area (Å²) in [6.07, 6.45) is -2.10. The van der Waals surface area contributed by atoms with Crippen molar-refractivity contribution in [2.24, 2.45) is 5.92 Å². The van der Waals surface area contributed by atoms with Gasteiger partial charge in [0.1, 0.15) is 12.1 Å². The maximum Gasteiger partial charge on any atom is 0.393 e. The monoisotopic (exact) mass is 490 g/mol. The highest BCUT2D eigenvalue weighted by molar-refractivity contribution is 6.30. The highest BCUT2D eigenvalue weighted by atomic mass is 35.5. The quantitative estimate of drug-likeness (QED) is 0.622. The number of benzene rings is 1. The van der Waals surface area contributed by atoms with Gasteiger partial charge < -0.3 is 16.0 Å². The molecule has 3 atom stereocenters. The molecule has 0 radical (unpaired) electrons. The lowest BCUT2D eigenvalue weighted by atomic mass is 9.88. The smallest absolute Gasteiger partial charge is 0.381 e. The molecular weight excluding hydrogens is 467 g/mol. The van der Waals surface area contributed by atoms with Crippen molar-refractivity contribution in [3.63, 3.8) is 0 Å². The third-order valence-corrected chi connectivity index (χ3v) is 6.47. The molecule has 0 saturated carbocycles. The summed E-state index contributed by atoms with van der Waals surface area (Å²) in [6, 6.07) is 2.98. The molecule has 4 rings (SSSR count). The van der Waals surface area contributed by atoms with Gasteiger partial charge in [-0.05, 0) is 44.0 Å². The number of nitrogens with one attached hydrogen (secondary N) is 1. The van der Waals surface area contributed by atoms with E-state index in [1.54, 1.807) is 11.0 Å². The van der Waals surface area contributed by atoms with Crippen LogP contribution in [0.15, 0.2) is 24.5 Å². The Kier molecular flexibility index (Phi) is 6.81. The second-order valence-electron chi connectivity index (χ2n) is 8.48. The second kappa shape index (κ2) is 9.46. The Labute approximate surface area is 192 Å². The molecule has 0 spiro atoms. The highest BCUT2D eigenvalue weighted by Crippen LogP contribution is 2.39. The second-order valence-corrected chi connectivity index (χ2v) is 8.92. The lowest BCUT2D eigenvalue weighted by Crippen LogP contribution is -2.60. The molecule has 2 aliphatic heterocycles. The standard InChI is InChI=1S/C21H24ClF5N6/c22-12-6-13(23)8-15(7-12)31-14-2-1-4-32(9-14)17-10-33(5-3-16(17)21(25,26)27)20-18(24)19(28)29-11-30-20/h6-8,11,14,16-17,31H,1-5,9-10H2,(H2,28,29,30)/t14-,16-,17-/m0/s1.